The van der Waals surface area contributed by atoms with Gasteiger partial charge in [-0.1, -0.05) is 6.42 Å². The Morgan fingerprint density at radius 1 is 1.14 bits per heavy atom. The highest BCUT2D eigenvalue weighted by molar-refractivity contribution is 6.10. The average Bonchev–Trinajstić information content (AvgIpc) is 3.08. The summed E-state index contributed by atoms with van der Waals surface area (Å²) in [5, 5.41) is 0.813. The maximum absolute atomic E-state index is 13.1. The van der Waals surface area contributed by atoms with E-state index < -0.39 is 0 Å². The number of nitrogens with zero attached hydrogens (tertiary/aromatic N) is 5. The predicted molar refractivity (Wildman–Crippen MR) is 143 cm³/mol. The van der Waals surface area contributed by atoms with Gasteiger partial charge in [-0.2, -0.15) is 0 Å². The smallest absolute Gasteiger partial charge is 0.329 e. The molecule has 194 valence electrons. The zero-order valence-corrected chi connectivity index (χ0v) is 21.7. The standard InChI is InChI=1S/C28H33N5O4/c1-18-17-37-27-24(19-8-9-23(30-15-19)36-13-7-12-32-10-5-4-6-11-32)22(35-3)14-20-25(27)26-21(16-29-20)31(2)28(34)33(18)26/h8-9,14-16,18H,4-7,10-13,17H2,1-3H3/t18-/m1/s1. The number of hydrogen-bond donors (Lipinski definition) is 0. The Bertz CT molecular complexity index is 1500. The van der Waals surface area contributed by atoms with E-state index in [2.05, 4.69) is 14.9 Å². The Kier molecular flexibility index (Phi) is 6.24. The molecule has 0 unspecified atom stereocenters. The third-order valence-electron chi connectivity index (χ3n) is 7.60. The molecule has 2 aliphatic rings. The maximum atomic E-state index is 13.1. The van der Waals surface area contributed by atoms with Crippen LogP contribution in [0.5, 0.6) is 17.4 Å². The van der Waals surface area contributed by atoms with E-state index in [9.17, 15) is 4.79 Å². The van der Waals surface area contributed by atoms with Crippen molar-refractivity contribution in [2.45, 2.75) is 38.6 Å². The Labute approximate surface area is 215 Å². The van der Waals surface area contributed by atoms with Gasteiger partial charge in [-0.25, -0.2) is 9.78 Å². The number of imidazole rings is 1. The molecule has 0 bridgehead atoms. The normalized spacial score (nSPS) is 17.8. The van der Waals surface area contributed by atoms with Crippen LogP contribution >= 0.6 is 0 Å². The molecule has 0 aliphatic carbocycles. The summed E-state index contributed by atoms with van der Waals surface area (Å²) in [5.74, 6) is 1.90. The lowest BCUT2D eigenvalue weighted by Gasteiger charge is -2.26. The molecule has 9 nitrogen and oxygen atoms in total. The number of benzene rings is 1. The molecule has 0 N–H and O–H groups in total. The summed E-state index contributed by atoms with van der Waals surface area (Å²) in [6, 6.07) is 5.64. The minimum Gasteiger partial charge on any atom is -0.496 e. The Hall–Kier alpha value is -3.59. The van der Waals surface area contributed by atoms with Crippen LogP contribution in [-0.4, -0.2) is 64.0 Å². The van der Waals surface area contributed by atoms with Crippen LogP contribution in [-0.2, 0) is 7.05 Å². The Balaban J connectivity index is 1.34. The second-order valence-corrected chi connectivity index (χ2v) is 10.0. The average molecular weight is 504 g/mol. The summed E-state index contributed by atoms with van der Waals surface area (Å²) >= 11 is 0. The van der Waals surface area contributed by atoms with Crippen LogP contribution in [0.3, 0.4) is 0 Å². The first-order chi connectivity index (χ1) is 18.1. The van der Waals surface area contributed by atoms with E-state index in [1.165, 1.54) is 32.4 Å². The second kappa shape index (κ2) is 9.70. The van der Waals surface area contributed by atoms with Gasteiger partial charge in [-0.05, 0) is 45.3 Å². The van der Waals surface area contributed by atoms with Gasteiger partial charge in [-0.15, -0.1) is 0 Å². The van der Waals surface area contributed by atoms with Gasteiger partial charge in [0, 0.05) is 37.5 Å². The highest BCUT2D eigenvalue weighted by Gasteiger charge is 2.28. The number of pyridine rings is 2. The summed E-state index contributed by atoms with van der Waals surface area (Å²) in [4.78, 5) is 24.8. The number of likely N-dealkylation sites (tertiary alicyclic amines) is 1. The monoisotopic (exact) mass is 503 g/mol. The fraction of sp³-hybridized carbons (Fsp3) is 0.464. The highest BCUT2D eigenvalue weighted by atomic mass is 16.5. The van der Waals surface area contributed by atoms with E-state index in [-0.39, 0.29) is 11.7 Å². The van der Waals surface area contributed by atoms with Crippen LogP contribution in [0.15, 0.2) is 35.4 Å². The second-order valence-electron chi connectivity index (χ2n) is 10.0. The first-order valence-corrected chi connectivity index (χ1v) is 13.1. The number of hydrogen-bond acceptors (Lipinski definition) is 7. The fourth-order valence-electron chi connectivity index (χ4n) is 5.65. The van der Waals surface area contributed by atoms with Crippen molar-refractivity contribution >= 4 is 21.9 Å². The van der Waals surface area contributed by atoms with Crippen molar-refractivity contribution in [3.05, 3.63) is 41.1 Å². The van der Waals surface area contributed by atoms with E-state index in [1.54, 1.807) is 31.1 Å². The minimum atomic E-state index is -0.133. The quantitative estimate of drug-likeness (QED) is 0.350. The van der Waals surface area contributed by atoms with Gasteiger partial charge in [0.05, 0.1) is 53.5 Å². The van der Waals surface area contributed by atoms with Gasteiger partial charge >= 0.3 is 5.69 Å². The summed E-state index contributed by atoms with van der Waals surface area (Å²) in [5.41, 5.74) is 3.91. The minimum absolute atomic E-state index is 0.0749. The molecule has 0 radical (unpaired) electrons. The molecule has 4 aromatic rings. The summed E-state index contributed by atoms with van der Waals surface area (Å²) < 4.78 is 21.6. The third kappa shape index (κ3) is 4.11. The molecule has 37 heavy (non-hydrogen) atoms. The van der Waals surface area contributed by atoms with Gasteiger partial charge in [0.25, 0.3) is 0 Å². The van der Waals surface area contributed by atoms with Gasteiger partial charge in [0.1, 0.15) is 18.1 Å². The van der Waals surface area contributed by atoms with Crippen LogP contribution in [0, 0.1) is 0 Å². The number of piperidine rings is 1. The zero-order chi connectivity index (χ0) is 25.5. The molecule has 0 amide bonds. The zero-order valence-electron chi connectivity index (χ0n) is 21.7. The predicted octanol–water partition coefficient (Wildman–Crippen LogP) is 4.17. The summed E-state index contributed by atoms with van der Waals surface area (Å²) in [6.07, 6.45) is 8.48. The molecule has 6 rings (SSSR count). The third-order valence-corrected chi connectivity index (χ3v) is 7.60. The molecule has 0 saturated carbocycles. The largest absolute Gasteiger partial charge is 0.496 e. The number of aromatic nitrogens is 4. The van der Waals surface area contributed by atoms with E-state index >= 15 is 0 Å². The molecule has 0 spiro atoms. The van der Waals surface area contributed by atoms with Gasteiger partial charge < -0.3 is 19.1 Å². The summed E-state index contributed by atoms with van der Waals surface area (Å²) in [7, 11) is 3.42. The molecule has 3 aromatic heterocycles. The van der Waals surface area contributed by atoms with Crippen LogP contribution in [0.25, 0.3) is 33.1 Å². The van der Waals surface area contributed by atoms with Crippen LogP contribution in [0.2, 0.25) is 0 Å². The number of rotatable bonds is 7. The van der Waals surface area contributed by atoms with Crippen molar-refractivity contribution in [1.29, 1.82) is 0 Å². The van der Waals surface area contributed by atoms with Crippen LogP contribution in [0.4, 0.5) is 0 Å². The summed E-state index contributed by atoms with van der Waals surface area (Å²) in [6.45, 7) is 6.46. The molecule has 1 aromatic carbocycles. The van der Waals surface area contributed by atoms with E-state index in [4.69, 9.17) is 14.2 Å². The van der Waals surface area contributed by atoms with Crippen molar-refractivity contribution in [2.24, 2.45) is 7.05 Å². The van der Waals surface area contributed by atoms with Crippen molar-refractivity contribution in [2.75, 3.05) is 40.0 Å². The van der Waals surface area contributed by atoms with Crippen molar-refractivity contribution in [1.82, 2.24) is 24.0 Å². The van der Waals surface area contributed by atoms with E-state index in [0.29, 0.717) is 30.6 Å². The van der Waals surface area contributed by atoms with Gasteiger partial charge in [0.15, 0.2) is 0 Å². The lowest BCUT2D eigenvalue weighted by atomic mass is 10.0. The molecular weight excluding hydrogens is 470 g/mol. The lowest BCUT2D eigenvalue weighted by molar-refractivity contribution is 0.203. The maximum Gasteiger partial charge on any atom is 0.329 e. The SMILES string of the molecule is COc1cc2ncc3c4c2c(c1-c1ccc(OCCCN2CCCCC2)nc1)OC[C@@H](C)n4c(=O)n3C. The topological polar surface area (TPSA) is 83.6 Å². The lowest BCUT2D eigenvalue weighted by Crippen LogP contribution is -2.31. The highest BCUT2D eigenvalue weighted by Crippen LogP contribution is 2.47. The number of ether oxygens (including phenoxy) is 3. The molecule has 9 heteroatoms. The molecular formula is C28H33N5O4. The van der Waals surface area contributed by atoms with Crippen molar-refractivity contribution < 1.29 is 14.2 Å². The first kappa shape index (κ1) is 23.8. The van der Waals surface area contributed by atoms with E-state index in [0.717, 1.165) is 46.0 Å². The fourth-order valence-corrected chi connectivity index (χ4v) is 5.65. The molecule has 1 atom stereocenters. The van der Waals surface area contributed by atoms with Gasteiger partial charge in [-0.3, -0.25) is 14.1 Å². The molecule has 5 heterocycles. The molecule has 1 saturated heterocycles. The van der Waals surface area contributed by atoms with Gasteiger partial charge in [0.2, 0.25) is 5.88 Å². The van der Waals surface area contributed by atoms with E-state index in [1.807, 2.05) is 29.7 Å². The molecule has 1 fully saturated rings. The molecule has 2 aliphatic heterocycles. The Morgan fingerprint density at radius 2 is 1.97 bits per heavy atom. The van der Waals surface area contributed by atoms with Crippen LogP contribution < -0.4 is 19.9 Å². The number of methoxy groups -OCH3 is 1. The Morgan fingerprint density at radius 3 is 2.73 bits per heavy atom. The first-order valence-electron chi connectivity index (χ1n) is 13.1. The van der Waals surface area contributed by atoms with Crippen molar-refractivity contribution in [3.8, 4) is 28.5 Å². The number of aryl methyl sites for hydroxylation is 1. The van der Waals surface area contributed by atoms with Crippen molar-refractivity contribution in [3.63, 3.8) is 0 Å². The van der Waals surface area contributed by atoms with Crippen LogP contribution in [0.1, 0.15) is 38.6 Å².